The maximum atomic E-state index is 11.2. The molecular weight excluding hydrogens is 516 g/mol. The zero-order valence-corrected chi connectivity index (χ0v) is 18.6. The maximum Gasteiger partial charge on any atom is 0.322 e. The van der Waals surface area contributed by atoms with Crippen molar-refractivity contribution in [3.63, 3.8) is 0 Å². The molecule has 2 aromatic carbocycles. The van der Waals surface area contributed by atoms with Crippen molar-refractivity contribution in [1.29, 1.82) is 0 Å². The maximum absolute atomic E-state index is 11.2. The first kappa shape index (κ1) is 43.1. The van der Waals surface area contributed by atoms with Gasteiger partial charge in [-0.05, 0) is 24.3 Å². The van der Waals surface area contributed by atoms with Crippen molar-refractivity contribution in [3.05, 3.63) is 71.8 Å². The third-order valence-corrected chi connectivity index (χ3v) is 2.87. The minimum Gasteiger partial charge on any atom is -0.480 e. The molecule has 0 atom stereocenters. The number of benzene rings is 2. The third kappa shape index (κ3) is 19.2. The summed E-state index contributed by atoms with van der Waals surface area (Å²) in [5.41, 5.74) is 0.924. The summed E-state index contributed by atoms with van der Waals surface area (Å²) >= 11 is 0. The first-order valence-electron chi connectivity index (χ1n) is 7.50. The number of carboxylic acid groups (broad SMARTS) is 2. The van der Waals surface area contributed by atoms with Crippen LogP contribution in [0.4, 0.5) is 0 Å². The van der Waals surface area contributed by atoms with E-state index in [1.165, 1.54) is 0 Å². The molecule has 184 valence electrons. The number of hydrogen-bond acceptors (Lipinski definition) is 4. The van der Waals surface area contributed by atoms with Crippen molar-refractivity contribution in [2.45, 2.75) is 0 Å². The van der Waals surface area contributed by atoms with Crippen molar-refractivity contribution in [2.75, 3.05) is 13.1 Å². The second-order valence-corrected chi connectivity index (χ2v) is 4.88. The van der Waals surface area contributed by atoms with Crippen LogP contribution >= 0.6 is 0 Å². The fourth-order valence-corrected chi connectivity index (χ4v) is 1.69. The molecule has 2 aromatic rings. The molecular formula is C18H26Fe2N2O10. The van der Waals surface area contributed by atoms with Gasteiger partial charge < -0.3 is 42.8 Å². The molecule has 12 N–H and O–H groups in total. The minimum absolute atomic E-state index is 0. The number of aliphatic carboxylic acids is 2. The Balaban J connectivity index is -0.0000000889. The largest absolute Gasteiger partial charge is 0.480 e. The van der Waals surface area contributed by atoms with Crippen molar-refractivity contribution >= 4 is 23.8 Å². The molecule has 0 bridgehead atoms. The van der Waals surface area contributed by atoms with Crippen LogP contribution in [0.2, 0.25) is 0 Å². The molecule has 0 fully saturated rings. The van der Waals surface area contributed by atoms with Gasteiger partial charge in [-0.25, -0.2) is 0 Å². The zero-order chi connectivity index (χ0) is 19.4. The first-order chi connectivity index (χ1) is 12.4. The van der Waals surface area contributed by atoms with Gasteiger partial charge in [0.05, 0.1) is 0 Å². The summed E-state index contributed by atoms with van der Waals surface area (Å²) in [6.07, 6.45) is 0. The van der Waals surface area contributed by atoms with Gasteiger partial charge >= 0.3 is 11.9 Å². The summed E-state index contributed by atoms with van der Waals surface area (Å²) < 4.78 is 0. The number of hydrogen-bond donors (Lipinski definition) is 4. The topological polar surface area (TPSA) is 259 Å². The Morgan fingerprint density at radius 3 is 1.03 bits per heavy atom. The Hall–Kier alpha value is -2.80. The van der Waals surface area contributed by atoms with Gasteiger partial charge in [0.25, 0.3) is 11.8 Å². The summed E-state index contributed by atoms with van der Waals surface area (Å²) in [7, 11) is 0. The predicted octanol–water partition coefficient (Wildman–Crippen LogP) is -2.30. The summed E-state index contributed by atoms with van der Waals surface area (Å²) in [6, 6.07) is 16.9. The zero-order valence-electron chi connectivity index (χ0n) is 16.4. The quantitative estimate of drug-likeness (QED) is 0.292. The summed E-state index contributed by atoms with van der Waals surface area (Å²) in [6.45, 7) is -0.707. The molecule has 0 saturated heterocycles. The summed E-state index contributed by atoms with van der Waals surface area (Å²) in [5.74, 6) is -2.85. The van der Waals surface area contributed by atoms with E-state index in [-0.39, 0.29) is 80.9 Å². The van der Waals surface area contributed by atoms with Crippen LogP contribution in [0.15, 0.2) is 60.7 Å². The fraction of sp³-hybridized carbons (Fsp3) is 0.111. The van der Waals surface area contributed by atoms with Gasteiger partial charge in [-0.1, -0.05) is 36.4 Å². The number of carbonyl (C=O) groups excluding carboxylic acids is 2. The van der Waals surface area contributed by atoms with Gasteiger partial charge in [0.2, 0.25) is 0 Å². The van der Waals surface area contributed by atoms with Crippen molar-refractivity contribution in [3.8, 4) is 0 Å². The molecule has 0 spiro atoms. The Labute approximate surface area is 204 Å². The molecule has 0 heterocycles. The van der Waals surface area contributed by atoms with Gasteiger partial charge in [-0.3, -0.25) is 19.2 Å². The Bertz CT molecular complexity index is 699. The van der Waals surface area contributed by atoms with Gasteiger partial charge in [0.15, 0.2) is 0 Å². The van der Waals surface area contributed by atoms with E-state index in [1.807, 2.05) is 0 Å². The molecule has 0 radical (unpaired) electrons. The van der Waals surface area contributed by atoms with E-state index in [4.69, 9.17) is 10.2 Å². The average molecular weight is 542 g/mol. The van der Waals surface area contributed by atoms with Crippen LogP contribution in [0, 0.1) is 0 Å². The van der Waals surface area contributed by atoms with E-state index in [1.54, 1.807) is 60.7 Å². The molecule has 32 heavy (non-hydrogen) atoms. The van der Waals surface area contributed by atoms with E-state index in [0.29, 0.717) is 11.1 Å². The molecule has 0 aromatic heterocycles. The number of nitrogens with one attached hydrogen (secondary N) is 2. The van der Waals surface area contributed by atoms with Crippen LogP contribution in [-0.4, -0.2) is 69.0 Å². The minimum atomic E-state index is -1.05. The molecule has 14 heteroatoms. The summed E-state index contributed by atoms with van der Waals surface area (Å²) in [5, 5.41) is 21.1. The van der Waals surface area contributed by atoms with Crippen LogP contribution in [0.25, 0.3) is 0 Å². The normalized spacial score (nSPS) is 7.50. The monoisotopic (exact) mass is 542 g/mol. The van der Waals surface area contributed by atoms with Gasteiger partial charge in [0, 0.05) is 45.3 Å². The third-order valence-electron chi connectivity index (χ3n) is 2.87. The van der Waals surface area contributed by atoms with Crippen molar-refractivity contribution in [1.82, 2.24) is 10.6 Å². The Kier molecular flexibility index (Phi) is 33.0. The van der Waals surface area contributed by atoms with Gasteiger partial charge in [0.1, 0.15) is 13.1 Å². The molecule has 0 unspecified atom stereocenters. The summed E-state index contributed by atoms with van der Waals surface area (Å²) in [4.78, 5) is 42.6. The van der Waals surface area contributed by atoms with Gasteiger partial charge in [-0.2, -0.15) is 0 Å². The number of carboxylic acids is 2. The SMILES string of the molecule is O.O.O.O.O=C(O)CNC(=O)c1ccccc1.O=C(O)CNC(=O)c1ccccc1.[Fe].[Fe]. The molecule has 2 rings (SSSR count). The van der Waals surface area contributed by atoms with E-state index in [2.05, 4.69) is 10.6 Å². The molecule has 2 amide bonds. The molecule has 0 saturated carbocycles. The second-order valence-electron chi connectivity index (χ2n) is 4.88. The number of rotatable bonds is 6. The van der Waals surface area contributed by atoms with Crippen molar-refractivity contribution < 1.29 is 85.4 Å². The van der Waals surface area contributed by atoms with E-state index < -0.39 is 11.9 Å². The molecule has 12 nitrogen and oxygen atoms in total. The fourth-order valence-electron chi connectivity index (χ4n) is 1.69. The van der Waals surface area contributed by atoms with Crippen LogP contribution in [0.1, 0.15) is 20.7 Å². The van der Waals surface area contributed by atoms with Crippen LogP contribution in [0.3, 0.4) is 0 Å². The smallest absolute Gasteiger partial charge is 0.322 e. The number of carbonyl (C=O) groups is 4. The Morgan fingerprint density at radius 2 is 0.812 bits per heavy atom. The van der Waals surface area contributed by atoms with E-state index in [9.17, 15) is 19.2 Å². The van der Waals surface area contributed by atoms with Gasteiger partial charge in [-0.15, -0.1) is 0 Å². The first-order valence-corrected chi connectivity index (χ1v) is 7.50. The molecule has 0 aliphatic heterocycles. The number of amides is 2. The molecule has 0 aliphatic carbocycles. The van der Waals surface area contributed by atoms with E-state index >= 15 is 0 Å². The van der Waals surface area contributed by atoms with Crippen LogP contribution in [-0.2, 0) is 43.7 Å². The van der Waals surface area contributed by atoms with Crippen LogP contribution in [0.5, 0.6) is 0 Å². The predicted molar refractivity (Wildman–Crippen MR) is 107 cm³/mol. The Morgan fingerprint density at radius 1 is 0.562 bits per heavy atom. The second kappa shape index (κ2) is 24.5. The van der Waals surface area contributed by atoms with Crippen LogP contribution < -0.4 is 10.6 Å². The standard InChI is InChI=1S/2C9H9NO3.2Fe.4H2O/c2*11-8(12)6-10-9(13)7-4-2-1-3-5-7;;;;;;/h2*1-5H,6H2,(H,10,13)(H,11,12);;;4*1H2. The average Bonchev–Trinajstić information content (AvgIpc) is 2.66. The molecule has 0 aliphatic rings. The van der Waals surface area contributed by atoms with E-state index in [0.717, 1.165) is 0 Å². The van der Waals surface area contributed by atoms with Crippen molar-refractivity contribution in [2.24, 2.45) is 0 Å².